The highest BCUT2D eigenvalue weighted by molar-refractivity contribution is 6.30. The van der Waals surface area contributed by atoms with E-state index in [1.807, 2.05) is 0 Å². The van der Waals surface area contributed by atoms with Gasteiger partial charge in [-0.15, -0.1) is 0 Å². The van der Waals surface area contributed by atoms with Crippen LogP contribution in [0, 0.1) is 0 Å². The van der Waals surface area contributed by atoms with Crippen LogP contribution in [0.5, 0.6) is 0 Å². The van der Waals surface area contributed by atoms with E-state index in [0.717, 1.165) is 0 Å². The lowest BCUT2D eigenvalue weighted by Gasteiger charge is -2.38. The second kappa shape index (κ2) is 9.22. The van der Waals surface area contributed by atoms with Crippen LogP contribution in [-0.2, 0) is 16.1 Å². The molecule has 2 aromatic rings. The van der Waals surface area contributed by atoms with E-state index >= 15 is 0 Å². The predicted octanol–water partition coefficient (Wildman–Crippen LogP) is 4.53. The average Bonchev–Trinajstić information content (AvgIpc) is 2.69. The molecule has 0 spiro atoms. The van der Waals surface area contributed by atoms with Crippen LogP contribution < -0.4 is 5.32 Å². The number of allylic oxidation sites excluding steroid dienone is 1. The number of aromatic carboxylic acids is 1. The summed E-state index contributed by atoms with van der Waals surface area (Å²) in [5, 5.41) is 12.5. The predicted molar refractivity (Wildman–Crippen MR) is 116 cm³/mol. The number of halogens is 1. The molecule has 0 aromatic heterocycles. The first-order valence-electron chi connectivity index (χ1n) is 9.74. The molecule has 0 radical (unpaired) electrons. The number of hydrogen-bond acceptors (Lipinski definition) is 4. The highest BCUT2D eigenvalue weighted by atomic mass is 35.5. The largest absolute Gasteiger partial charge is 0.478 e. The summed E-state index contributed by atoms with van der Waals surface area (Å²) in [6.45, 7) is 5.22. The molecule has 1 unspecified atom stereocenters. The lowest BCUT2D eigenvalue weighted by molar-refractivity contribution is -0.143. The van der Waals surface area contributed by atoms with Crippen molar-refractivity contribution in [1.29, 1.82) is 0 Å². The fourth-order valence-electron chi connectivity index (χ4n) is 3.51. The van der Waals surface area contributed by atoms with Gasteiger partial charge in [-0.05, 0) is 56.2 Å². The molecule has 0 saturated heterocycles. The number of carboxylic acid groups (broad SMARTS) is 1. The Morgan fingerprint density at radius 2 is 1.90 bits per heavy atom. The van der Waals surface area contributed by atoms with E-state index < -0.39 is 24.0 Å². The number of rotatable bonds is 6. The summed E-state index contributed by atoms with van der Waals surface area (Å²) < 4.78 is 5.44. The van der Waals surface area contributed by atoms with Gasteiger partial charge in [0.1, 0.15) is 0 Å². The molecular weight excluding hydrogens is 420 g/mol. The lowest BCUT2D eigenvalue weighted by atomic mass is 9.93. The molecule has 0 saturated carbocycles. The Labute approximate surface area is 185 Å². The molecule has 162 valence electrons. The normalized spacial score (nSPS) is 16.4. The van der Waals surface area contributed by atoms with E-state index in [9.17, 15) is 19.5 Å². The van der Waals surface area contributed by atoms with Crippen LogP contribution in [0.1, 0.15) is 48.3 Å². The van der Waals surface area contributed by atoms with Gasteiger partial charge < -0.3 is 20.1 Å². The number of carbonyl (C=O) groups is 3. The first-order valence-corrected chi connectivity index (χ1v) is 10.1. The molecule has 0 bridgehead atoms. The van der Waals surface area contributed by atoms with Gasteiger partial charge in [-0.3, -0.25) is 0 Å². The number of urea groups is 1. The van der Waals surface area contributed by atoms with E-state index in [0.29, 0.717) is 27.4 Å². The van der Waals surface area contributed by atoms with Crippen LogP contribution in [0.25, 0.3) is 0 Å². The van der Waals surface area contributed by atoms with Crippen LogP contribution in [0.4, 0.5) is 4.79 Å². The molecule has 3 rings (SSSR count). The maximum absolute atomic E-state index is 13.0. The SMILES string of the molecule is CC1=C(C(=O)OC(C)C)C(c2cccc(Cl)c2)N(Cc2cccc(C(=O)O)c2)C(=O)N1. The molecule has 2 N–H and O–H groups in total. The number of nitrogens with zero attached hydrogens (tertiary/aromatic N) is 1. The molecular formula is C23H23ClN2O5. The molecule has 0 aliphatic carbocycles. The third-order valence-electron chi connectivity index (χ3n) is 4.80. The summed E-state index contributed by atoms with van der Waals surface area (Å²) in [7, 11) is 0. The Kier molecular flexibility index (Phi) is 6.65. The molecule has 31 heavy (non-hydrogen) atoms. The first-order chi connectivity index (χ1) is 14.7. The zero-order chi connectivity index (χ0) is 22.7. The van der Waals surface area contributed by atoms with Gasteiger partial charge in [-0.25, -0.2) is 14.4 Å². The maximum atomic E-state index is 13.0. The number of nitrogens with one attached hydrogen (secondary N) is 1. The summed E-state index contributed by atoms with van der Waals surface area (Å²) in [5.41, 5.74) is 2.06. The fourth-order valence-corrected chi connectivity index (χ4v) is 3.70. The van der Waals surface area contributed by atoms with Crippen molar-refractivity contribution in [3.8, 4) is 0 Å². The third-order valence-corrected chi connectivity index (χ3v) is 5.03. The van der Waals surface area contributed by atoms with Gasteiger partial charge in [0, 0.05) is 17.3 Å². The standard InChI is InChI=1S/C23H23ClN2O5/c1-13(2)31-22(29)19-14(3)25-23(30)26(20(19)16-7-5-9-18(24)11-16)12-15-6-4-8-17(10-15)21(27)28/h4-11,13,20H,12H2,1-3H3,(H,25,30)(H,27,28). The number of carbonyl (C=O) groups excluding carboxylic acids is 2. The topological polar surface area (TPSA) is 95.9 Å². The van der Waals surface area contributed by atoms with Crippen molar-refractivity contribution in [2.45, 2.75) is 39.5 Å². The number of ether oxygens (including phenoxy) is 1. The third kappa shape index (κ3) is 5.06. The Bertz CT molecular complexity index is 1060. The van der Waals surface area contributed by atoms with Crippen molar-refractivity contribution in [2.24, 2.45) is 0 Å². The van der Waals surface area contributed by atoms with Crippen LogP contribution >= 0.6 is 11.6 Å². The van der Waals surface area contributed by atoms with E-state index in [4.69, 9.17) is 16.3 Å². The molecule has 1 heterocycles. The highest BCUT2D eigenvalue weighted by Gasteiger charge is 2.39. The van der Waals surface area contributed by atoms with Crippen molar-refractivity contribution in [1.82, 2.24) is 10.2 Å². The molecule has 8 heteroatoms. The van der Waals surface area contributed by atoms with Crippen LogP contribution in [0.3, 0.4) is 0 Å². The number of amides is 2. The van der Waals surface area contributed by atoms with Crippen LogP contribution in [0.2, 0.25) is 5.02 Å². The minimum absolute atomic E-state index is 0.0792. The van der Waals surface area contributed by atoms with Crippen molar-refractivity contribution >= 4 is 29.6 Å². The van der Waals surface area contributed by atoms with Crippen molar-refractivity contribution in [3.05, 3.63) is 81.5 Å². The zero-order valence-electron chi connectivity index (χ0n) is 17.4. The smallest absolute Gasteiger partial charge is 0.338 e. The van der Waals surface area contributed by atoms with E-state index in [1.165, 1.54) is 17.0 Å². The van der Waals surface area contributed by atoms with Crippen LogP contribution in [-0.4, -0.2) is 34.1 Å². The second-order valence-corrected chi connectivity index (χ2v) is 7.95. The molecule has 2 aromatic carbocycles. The van der Waals surface area contributed by atoms with Crippen molar-refractivity contribution in [3.63, 3.8) is 0 Å². The Hall–Kier alpha value is -3.32. The monoisotopic (exact) mass is 442 g/mol. The zero-order valence-corrected chi connectivity index (χ0v) is 18.1. The number of hydrogen-bond donors (Lipinski definition) is 2. The molecule has 1 aliphatic rings. The van der Waals surface area contributed by atoms with Crippen LogP contribution in [0.15, 0.2) is 59.8 Å². The number of esters is 1. The molecule has 0 fully saturated rings. The molecule has 2 amide bonds. The summed E-state index contributed by atoms with van der Waals surface area (Å²) in [4.78, 5) is 38.7. The second-order valence-electron chi connectivity index (χ2n) is 7.51. The maximum Gasteiger partial charge on any atom is 0.338 e. The minimum Gasteiger partial charge on any atom is -0.478 e. The van der Waals surface area contributed by atoms with Crippen molar-refractivity contribution < 1.29 is 24.2 Å². The van der Waals surface area contributed by atoms with E-state index in [2.05, 4.69) is 5.32 Å². The Balaban J connectivity index is 2.09. The fraction of sp³-hybridized carbons (Fsp3) is 0.261. The molecule has 1 atom stereocenters. The van der Waals surface area contributed by atoms with Gasteiger partial charge in [0.2, 0.25) is 0 Å². The average molecular weight is 443 g/mol. The number of carboxylic acids is 1. The van der Waals surface area contributed by atoms with Gasteiger partial charge in [0.05, 0.1) is 23.3 Å². The number of benzene rings is 2. The van der Waals surface area contributed by atoms with Gasteiger partial charge in [-0.2, -0.15) is 0 Å². The summed E-state index contributed by atoms with van der Waals surface area (Å²) in [6.07, 6.45) is -0.342. The molecule has 7 nitrogen and oxygen atoms in total. The van der Waals surface area contributed by atoms with Gasteiger partial charge in [0.15, 0.2) is 0 Å². The Morgan fingerprint density at radius 3 is 2.55 bits per heavy atom. The first kappa shape index (κ1) is 22.4. The van der Waals surface area contributed by atoms with Gasteiger partial charge in [-0.1, -0.05) is 35.9 Å². The quantitative estimate of drug-likeness (QED) is 0.641. The van der Waals surface area contributed by atoms with Gasteiger partial charge in [0.25, 0.3) is 0 Å². The summed E-state index contributed by atoms with van der Waals surface area (Å²) in [6, 6.07) is 12.1. The summed E-state index contributed by atoms with van der Waals surface area (Å²) >= 11 is 6.20. The van der Waals surface area contributed by atoms with Crippen molar-refractivity contribution in [2.75, 3.05) is 0 Å². The summed E-state index contributed by atoms with van der Waals surface area (Å²) in [5.74, 6) is -1.60. The van der Waals surface area contributed by atoms with E-state index in [1.54, 1.807) is 57.2 Å². The van der Waals surface area contributed by atoms with Gasteiger partial charge >= 0.3 is 18.0 Å². The van der Waals surface area contributed by atoms with E-state index in [-0.39, 0.29) is 18.2 Å². The minimum atomic E-state index is -1.06. The molecule has 1 aliphatic heterocycles. The Morgan fingerprint density at radius 1 is 1.19 bits per heavy atom. The highest BCUT2D eigenvalue weighted by Crippen LogP contribution is 2.36. The lowest BCUT2D eigenvalue weighted by Crippen LogP contribution is -2.48.